The van der Waals surface area contributed by atoms with E-state index in [-0.39, 0.29) is 13.2 Å². The van der Waals surface area contributed by atoms with Crippen molar-refractivity contribution in [2.45, 2.75) is 13.2 Å². The Hall–Kier alpha value is -1.46. The summed E-state index contributed by atoms with van der Waals surface area (Å²) >= 11 is 3.28. The summed E-state index contributed by atoms with van der Waals surface area (Å²) in [6.07, 6.45) is 0. The Labute approximate surface area is 125 Å². The van der Waals surface area contributed by atoms with Crippen LogP contribution < -0.4 is 0 Å². The second-order valence-corrected chi connectivity index (χ2v) is 6.33. The van der Waals surface area contributed by atoms with Crippen molar-refractivity contribution in [1.82, 2.24) is 0 Å². The van der Waals surface area contributed by atoms with Gasteiger partial charge in [-0.1, -0.05) is 12.1 Å². The maximum atomic E-state index is 9.65. The lowest BCUT2D eigenvalue weighted by atomic mass is 9.97. The highest BCUT2D eigenvalue weighted by molar-refractivity contribution is 7.13. The van der Waals surface area contributed by atoms with Crippen LogP contribution in [0.5, 0.6) is 0 Å². The molecule has 102 valence electrons. The maximum Gasteiger partial charge on any atom is 0.0688 e. The number of aliphatic hydroxyl groups is 2. The van der Waals surface area contributed by atoms with Gasteiger partial charge in [0.2, 0.25) is 0 Å². The molecule has 0 aliphatic rings. The van der Waals surface area contributed by atoms with Gasteiger partial charge in [-0.2, -0.15) is 0 Å². The van der Waals surface area contributed by atoms with E-state index in [9.17, 15) is 10.2 Å². The third kappa shape index (κ3) is 2.43. The van der Waals surface area contributed by atoms with Crippen LogP contribution in [0.3, 0.4) is 0 Å². The SMILES string of the molecule is OCc1cc(-c2cccs2)c(CO)cc1-c1cccs1. The molecular formula is C16H14O2S2. The third-order valence-electron chi connectivity index (χ3n) is 3.24. The molecule has 1 aromatic carbocycles. The zero-order valence-electron chi connectivity index (χ0n) is 10.7. The largest absolute Gasteiger partial charge is 0.392 e. The van der Waals surface area contributed by atoms with E-state index < -0.39 is 0 Å². The average molecular weight is 302 g/mol. The van der Waals surface area contributed by atoms with Crippen LogP contribution in [0.4, 0.5) is 0 Å². The van der Waals surface area contributed by atoms with Gasteiger partial charge in [0.1, 0.15) is 0 Å². The first kappa shape index (κ1) is 13.5. The predicted octanol–water partition coefficient (Wildman–Crippen LogP) is 4.13. The molecule has 2 aromatic heterocycles. The van der Waals surface area contributed by atoms with Crippen LogP contribution in [0.2, 0.25) is 0 Å². The molecule has 2 N–H and O–H groups in total. The molecule has 0 fully saturated rings. The van der Waals surface area contributed by atoms with E-state index in [1.807, 2.05) is 47.2 Å². The van der Waals surface area contributed by atoms with Crippen LogP contribution in [0, 0.1) is 0 Å². The van der Waals surface area contributed by atoms with E-state index in [2.05, 4.69) is 0 Å². The van der Waals surface area contributed by atoms with E-state index >= 15 is 0 Å². The van der Waals surface area contributed by atoms with Crippen molar-refractivity contribution in [2.24, 2.45) is 0 Å². The molecule has 0 unspecified atom stereocenters. The summed E-state index contributed by atoms with van der Waals surface area (Å²) in [5, 5.41) is 23.3. The molecule has 2 nitrogen and oxygen atoms in total. The van der Waals surface area contributed by atoms with Crippen molar-refractivity contribution >= 4 is 22.7 Å². The standard InChI is InChI=1S/C16H14O2S2/c17-9-11-8-14(16-4-2-6-20-16)12(10-18)7-13(11)15-3-1-5-19-15/h1-8,17-18H,9-10H2. The van der Waals surface area contributed by atoms with Gasteiger partial charge in [0.05, 0.1) is 13.2 Å². The van der Waals surface area contributed by atoms with Gasteiger partial charge in [-0.15, -0.1) is 22.7 Å². The van der Waals surface area contributed by atoms with Gasteiger partial charge in [0.25, 0.3) is 0 Å². The summed E-state index contributed by atoms with van der Waals surface area (Å²) in [7, 11) is 0. The summed E-state index contributed by atoms with van der Waals surface area (Å²) in [6.45, 7) is -0.00532. The van der Waals surface area contributed by atoms with Crippen LogP contribution in [0.1, 0.15) is 11.1 Å². The maximum absolute atomic E-state index is 9.65. The van der Waals surface area contributed by atoms with Crippen molar-refractivity contribution in [2.75, 3.05) is 0 Å². The topological polar surface area (TPSA) is 40.5 Å². The van der Waals surface area contributed by atoms with Crippen molar-refractivity contribution in [3.63, 3.8) is 0 Å². The molecule has 0 bridgehead atoms. The van der Waals surface area contributed by atoms with E-state index in [0.717, 1.165) is 32.0 Å². The highest BCUT2D eigenvalue weighted by atomic mass is 32.1. The van der Waals surface area contributed by atoms with Gasteiger partial charge in [-0.3, -0.25) is 0 Å². The molecule has 0 aliphatic carbocycles. The molecule has 3 rings (SSSR count). The fraction of sp³-hybridized carbons (Fsp3) is 0.125. The minimum atomic E-state index is -0.00266. The molecule has 0 amide bonds. The Balaban J connectivity index is 2.19. The van der Waals surface area contributed by atoms with Crippen LogP contribution in [0.25, 0.3) is 20.9 Å². The number of rotatable bonds is 4. The molecule has 0 aliphatic heterocycles. The highest BCUT2D eigenvalue weighted by Crippen LogP contribution is 2.36. The lowest BCUT2D eigenvalue weighted by Gasteiger charge is -2.13. The van der Waals surface area contributed by atoms with Gasteiger partial charge < -0.3 is 10.2 Å². The Morgan fingerprint density at radius 3 is 1.50 bits per heavy atom. The Morgan fingerprint density at radius 2 is 1.20 bits per heavy atom. The van der Waals surface area contributed by atoms with Crippen molar-refractivity contribution in [3.05, 3.63) is 58.3 Å². The number of aliphatic hydroxyl groups excluding tert-OH is 2. The molecule has 3 aromatic rings. The van der Waals surface area contributed by atoms with Crippen molar-refractivity contribution in [3.8, 4) is 20.9 Å². The van der Waals surface area contributed by atoms with Gasteiger partial charge in [0.15, 0.2) is 0 Å². The fourth-order valence-electron chi connectivity index (χ4n) is 2.27. The Bertz CT molecular complexity index is 624. The van der Waals surface area contributed by atoms with E-state index in [1.165, 1.54) is 0 Å². The monoisotopic (exact) mass is 302 g/mol. The average Bonchev–Trinajstić information content (AvgIpc) is 3.18. The zero-order valence-corrected chi connectivity index (χ0v) is 12.4. The van der Waals surface area contributed by atoms with Gasteiger partial charge in [-0.05, 0) is 57.3 Å². The molecule has 0 saturated carbocycles. The smallest absolute Gasteiger partial charge is 0.0688 e. The molecule has 0 saturated heterocycles. The second-order valence-electron chi connectivity index (χ2n) is 4.44. The first-order valence-corrected chi connectivity index (χ1v) is 8.04. The Kier molecular flexibility index (Phi) is 3.98. The molecule has 0 spiro atoms. The number of hydrogen-bond acceptors (Lipinski definition) is 4. The third-order valence-corrected chi connectivity index (χ3v) is 5.05. The van der Waals surface area contributed by atoms with Crippen molar-refractivity contribution in [1.29, 1.82) is 0 Å². The molecule has 2 heterocycles. The lowest BCUT2D eigenvalue weighted by Crippen LogP contribution is -1.95. The zero-order chi connectivity index (χ0) is 13.9. The minimum Gasteiger partial charge on any atom is -0.392 e. The van der Waals surface area contributed by atoms with E-state index in [0.29, 0.717) is 0 Å². The highest BCUT2D eigenvalue weighted by Gasteiger charge is 2.13. The normalized spacial score (nSPS) is 10.9. The van der Waals surface area contributed by atoms with Crippen LogP contribution in [-0.4, -0.2) is 10.2 Å². The minimum absolute atomic E-state index is 0.00266. The first-order valence-electron chi connectivity index (χ1n) is 6.28. The fourth-order valence-corrected chi connectivity index (χ4v) is 3.83. The summed E-state index contributed by atoms with van der Waals surface area (Å²) in [6, 6.07) is 12.0. The molecule has 4 heteroatoms. The van der Waals surface area contributed by atoms with Crippen LogP contribution in [0.15, 0.2) is 47.2 Å². The van der Waals surface area contributed by atoms with Gasteiger partial charge in [-0.25, -0.2) is 0 Å². The van der Waals surface area contributed by atoms with E-state index in [4.69, 9.17) is 0 Å². The molecule has 0 atom stereocenters. The van der Waals surface area contributed by atoms with Crippen molar-refractivity contribution < 1.29 is 10.2 Å². The molecular weight excluding hydrogens is 288 g/mol. The lowest BCUT2D eigenvalue weighted by molar-refractivity contribution is 0.279. The summed E-state index contributed by atoms with van der Waals surface area (Å²) in [4.78, 5) is 2.22. The van der Waals surface area contributed by atoms with Crippen LogP contribution in [-0.2, 0) is 13.2 Å². The second kappa shape index (κ2) is 5.89. The predicted molar refractivity (Wildman–Crippen MR) is 84.9 cm³/mol. The summed E-state index contributed by atoms with van der Waals surface area (Å²) < 4.78 is 0. The van der Waals surface area contributed by atoms with Gasteiger partial charge in [0, 0.05) is 9.75 Å². The number of thiophene rings is 2. The van der Waals surface area contributed by atoms with Gasteiger partial charge >= 0.3 is 0 Å². The number of benzene rings is 1. The summed E-state index contributed by atoms with van der Waals surface area (Å²) in [5.74, 6) is 0. The first-order chi connectivity index (χ1) is 9.83. The summed E-state index contributed by atoms with van der Waals surface area (Å²) in [5.41, 5.74) is 3.81. The number of hydrogen-bond donors (Lipinski definition) is 2. The molecule has 0 radical (unpaired) electrons. The molecule has 20 heavy (non-hydrogen) atoms. The van der Waals surface area contributed by atoms with E-state index in [1.54, 1.807) is 22.7 Å². The van der Waals surface area contributed by atoms with Crippen LogP contribution >= 0.6 is 22.7 Å². The Morgan fingerprint density at radius 1 is 0.750 bits per heavy atom. The quantitative estimate of drug-likeness (QED) is 0.761.